The van der Waals surface area contributed by atoms with Gasteiger partial charge in [0.15, 0.2) is 11.8 Å². The first-order chi connectivity index (χ1) is 19.5. The van der Waals surface area contributed by atoms with Crippen LogP contribution in [0.3, 0.4) is 0 Å². The number of benzene rings is 2. The van der Waals surface area contributed by atoms with Gasteiger partial charge in [-0.15, -0.1) is 10.2 Å². The second-order valence-electron chi connectivity index (χ2n) is 9.88. The van der Waals surface area contributed by atoms with Crippen LogP contribution in [0.2, 0.25) is 0 Å². The normalized spacial score (nSPS) is 14.3. The van der Waals surface area contributed by atoms with Crippen molar-refractivity contribution in [2.24, 2.45) is 0 Å². The first-order valence-corrected chi connectivity index (χ1v) is 13.5. The van der Waals surface area contributed by atoms with E-state index in [1.807, 2.05) is 30.3 Å². The maximum absolute atomic E-state index is 14.0. The average Bonchev–Trinajstić information content (AvgIpc) is 3.45. The van der Waals surface area contributed by atoms with Gasteiger partial charge in [-0.05, 0) is 61.4 Å². The van der Waals surface area contributed by atoms with Gasteiger partial charge in [-0.2, -0.15) is 4.80 Å². The number of anilines is 1. The largest absolute Gasteiger partial charge is 0.351 e. The number of carbonyl (C=O) groups is 3. The zero-order valence-electron chi connectivity index (χ0n) is 22.3. The minimum Gasteiger partial charge on any atom is -0.351 e. The Morgan fingerprint density at radius 2 is 1.68 bits per heavy atom. The number of carbonyl (C=O) groups excluding carboxylic acids is 3. The lowest BCUT2D eigenvalue weighted by Crippen LogP contribution is -2.48. The van der Waals surface area contributed by atoms with Crippen LogP contribution in [-0.4, -0.2) is 48.8 Å². The molecule has 0 spiro atoms. The van der Waals surface area contributed by atoms with Gasteiger partial charge in [0.05, 0.1) is 5.69 Å². The van der Waals surface area contributed by atoms with Crippen LogP contribution in [0.25, 0.3) is 11.4 Å². The number of nitrogens with one attached hydrogen (secondary N) is 1. The highest BCUT2D eigenvalue weighted by molar-refractivity contribution is 6.01. The molecular formula is C30H31N7O3. The lowest BCUT2D eigenvalue weighted by atomic mass is 9.95. The third-order valence-electron chi connectivity index (χ3n) is 7.01. The van der Waals surface area contributed by atoms with Crippen molar-refractivity contribution in [2.45, 2.75) is 57.7 Å². The fourth-order valence-corrected chi connectivity index (χ4v) is 4.95. The lowest BCUT2D eigenvalue weighted by molar-refractivity contribution is -0.127. The van der Waals surface area contributed by atoms with Crippen LogP contribution in [0.1, 0.15) is 61.1 Å². The Labute approximate surface area is 232 Å². The highest BCUT2D eigenvalue weighted by atomic mass is 16.2. The smallest absolute Gasteiger partial charge is 0.251 e. The summed E-state index contributed by atoms with van der Waals surface area (Å²) in [7, 11) is 0. The number of tetrazole rings is 1. The molecule has 2 aromatic heterocycles. The summed E-state index contributed by atoms with van der Waals surface area (Å²) in [4.78, 5) is 46.9. The minimum atomic E-state index is -1.05. The molecule has 1 aliphatic carbocycles. The Morgan fingerprint density at radius 3 is 2.35 bits per heavy atom. The number of nitrogens with zero attached hydrogens (tertiary/aromatic N) is 6. The zero-order chi connectivity index (χ0) is 27.9. The van der Waals surface area contributed by atoms with Crippen molar-refractivity contribution >= 4 is 23.3 Å². The number of aromatic nitrogens is 5. The molecule has 1 N–H and O–H groups in total. The van der Waals surface area contributed by atoms with E-state index in [1.54, 1.807) is 48.7 Å². The molecule has 1 fully saturated rings. The quantitative estimate of drug-likeness (QED) is 0.318. The third-order valence-corrected chi connectivity index (χ3v) is 7.01. The fourth-order valence-electron chi connectivity index (χ4n) is 4.95. The average molecular weight is 538 g/mol. The molecule has 0 radical (unpaired) electrons. The van der Waals surface area contributed by atoms with E-state index < -0.39 is 11.9 Å². The highest BCUT2D eigenvalue weighted by Gasteiger charge is 2.35. The third kappa shape index (κ3) is 6.28. The lowest BCUT2D eigenvalue weighted by Gasteiger charge is -2.32. The first-order valence-electron chi connectivity index (χ1n) is 13.5. The van der Waals surface area contributed by atoms with Crippen LogP contribution >= 0.6 is 0 Å². The topological polar surface area (TPSA) is 123 Å². The number of Topliss-reactive ketones (excluding diaryl/α,β-unsaturated/α-hetero) is 1. The molecule has 1 atom stereocenters. The van der Waals surface area contributed by atoms with Crippen molar-refractivity contribution in [3.8, 4) is 11.4 Å². The molecule has 0 aliphatic heterocycles. The minimum absolute atomic E-state index is 0.0370. The number of rotatable bonds is 9. The molecule has 2 aromatic carbocycles. The summed E-state index contributed by atoms with van der Waals surface area (Å²) in [5.41, 5.74) is 2.16. The summed E-state index contributed by atoms with van der Waals surface area (Å²) in [5.74, 6) is -0.448. The molecule has 0 bridgehead atoms. The molecule has 2 heterocycles. The van der Waals surface area contributed by atoms with E-state index in [9.17, 15) is 14.4 Å². The van der Waals surface area contributed by atoms with E-state index in [1.165, 1.54) is 16.6 Å². The van der Waals surface area contributed by atoms with Crippen LogP contribution in [0.4, 0.5) is 5.69 Å². The molecule has 2 amide bonds. The Kier molecular flexibility index (Phi) is 8.34. The summed E-state index contributed by atoms with van der Waals surface area (Å²) < 4.78 is 0. The van der Waals surface area contributed by atoms with Gasteiger partial charge in [-0.25, -0.2) is 0 Å². The van der Waals surface area contributed by atoms with Gasteiger partial charge in [-0.3, -0.25) is 24.3 Å². The van der Waals surface area contributed by atoms with Crippen molar-refractivity contribution in [3.05, 3.63) is 90.3 Å². The van der Waals surface area contributed by atoms with E-state index >= 15 is 0 Å². The summed E-state index contributed by atoms with van der Waals surface area (Å²) in [5, 5.41) is 15.7. The van der Waals surface area contributed by atoms with E-state index in [-0.39, 0.29) is 24.3 Å². The van der Waals surface area contributed by atoms with Crippen molar-refractivity contribution in [1.82, 2.24) is 30.5 Å². The maximum atomic E-state index is 14.0. The number of hydrogen-bond acceptors (Lipinski definition) is 7. The predicted molar refractivity (Wildman–Crippen MR) is 149 cm³/mol. The van der Waals surface area contributed by atoms with E-state index in [0.29, 0.717) is 22.8 Å². The zero-order valence-corrected chi connectivity index (χ0v) is 22.3. The van der Waals surface area contributed by atoms with Gasteiger partial charge in [0.2, 0.25) is 11.7 Å². The van der Waals surface area contributed by atoms with E-state index in [4.69, 9.17) is 0 Å². The summed E-state index contributed by atoms with van der Waals surface area (Å²) >= 11 is 0. The second-order valence-corrected chi connectivity index (χ2v) is 9.88. The van der Waals surface area contributed by atoms with Gasteiger partial charge >= 0.3 is 0 Å². The maximum Gasteiger partial charge on any atom is 0.251 e. The Morgan fingerprint density at radius 1 is 0.950 bits per heavy atom. The summed E-state index contributed by atoms with van der Waals surface area (Å²) in [6.07, 6.45) is 6.65. The van der Waals surface area contributed by atoms with Gasteiger partial charge < -0.3 is 5.32 Å². The number of pyridine rings is 1. The molecule has 10 heteroatoms. The van der Waals surface area contributed by atoms with Crippen LogP contribution in [-0.2, 0) is 16.1 Å². The molecule has 0 saturated heterocycles. The van der Waals surface area contributed by atoms with Crippen LogP contribution in [0.15, 0.2) is 79.0 Å². The van der Waals surface area contributed by atoms with Crippen molar-refractivity contribution in [2.75, 3.05) is 4.90 Å². The number of amides is 2. The van der Waals surface area contributed by atoms with Gasteiger partial charge in [0.1, 0.15) is 6.54 Å². The van der Waals surface area contributed by atoms with E-state index in [2.05, 4.69) is 25.7 Å². The van der Waals surface area contributed by atoms with Crippen molar-refractivity contribution in [1.29, 1.82) is 0 Å². The van der Waals surface area contributed by atoms with Crippen LogP contribution in [0.5, 0.6) is 0 Å². The molecular weight excluding hydrogens is 506 g/mol. The van der Waals surface area contributed by atoms with E-state index in [0.717, 1.165) is 37.7 Å². The standard InChI is InChI=1S/C30H31N7O3/c1-21(38)22-15-17-25(18-16-22)37(27(39)20-36-34-29(33-35-36)23-10-4-2-5-11-23)28(26-14-8-9-19-31-26)30(40)32-24-12-6-3-7-13-24/h2,4-5,8-11,14-19,24,28H,3,6-7,12-13,20H2,1H3,(H,32,40)/t28-/m1/s1. The van der Waals surface area contributed by atoms with Gasteiger partial charge in [0, 0.05) is 29.1 Å². The van der Waals surface area contributed by atoms with Crippen molar-refractivity contribution < 1.29 is 14.4 Å². The van der Waals surface area contributed by atoms with Gasteiger partial charge in [0.25, 0.3) is 5.91 Å². The molecule has 1 saturated carbocycles. The first kappa shape index (κ1) is 26.9. The SMILES string of the molecule is CC(=O)c1ccc(N(C(=O)Cn2nnc(-c3ccccc3)n2)[C@@H](C(=O)NC2CCCCC2)c2ccccn2)cc1. The molecule has 0 unspecified atom stereocenters. The molecule has 4 aromatic rings. The Hall–Kier alpha value is -4.73. The molecule has 10 nitrogen and oxygen atoms in total. The molecule has 40 heavy (non-hydrogen) atoms. The molecule has 204 valence electrons. The van der Waals surface area contributed by atoms with Crippen LogP contribution < -0.4 is 10.2 Å². The summed E-state index contributed by atoms with van der Waals surface area (Å²) in [6, 6.07) is 20.3. The van der Waals surface area contributed by atoms with Crippen molar-refractivity contribution in [3.63, 3.8) is 0 Å². The van der Waals surface area contributed by atoms with Gasteiger partial charge in [-0.1, -0.05) is 55.7 Å². The molecule has 5 rings (SSSR count). The second kappa shape index (κ2) is 12.4. The molecule has 1 aliphatic rings. The Bertz CT molecular complexity index is 1450. The fraction of sp³-hybridized carbons (Fsp3) is 0.300. The van der Waals surface area contributed by atoms with Crippen LogP contribution in [0, 0.1) is 0 Å². The predicted octanol–water partition coefficient (Wildman–Crippen LogP) is 4.16. The Balaban J connectivity index is 1.50. The number of hydrogen-bond donors (Lipinski definition) is 1. The highest BCUT2D eigenvalue weighted by Crippen LogP contribution is 2.29. The monoisotopic (exact) mass is 537 g/mol. The summed E-state index contributed by atoms with van der Waals surface area (Å²) in [6.45, 7) is 1.22. The number of ketones is 1.